The van der Waals surface area contributed by atoms with E-state index in [2.05, 4.69) is 10.6 Å². The molecule has 0 spiro atoms. The van der Waals surface area contributed by atoms with Crippen molar-refractivity contribution in [2.45, 2.75) is 6.04 Å². The summed E-state index contributed by atoms with van der Waals surface area (Å²) in [4.78, 5) is 11.3. The Labute approximate surface area is 65.3 Å². The van der Waals surface area contributed by atoms with Crippen molar-refractivity contribution in [3.8, 4) is 0 Å². The average molecular weight is 156 g/mol. The summed E-state index contributed by atoms with van der Waals surface area (Å²) in [6.45, 7) is 2.80. The van der Waals surface area contributed by atoms with Gasteiger partial charge in [-0.3, -0.25) is 4.79 Å². The van der Waals surface area contributed by atoms with Gasteiger partial charge in [0, 0.05) is 13.1 Å². The minimum Gasteiger partial charge on any atom is -0.378 e. The second-order valence-electron chi connectivity index (χ2n) is 3.10. The molecular weight excluding hydrogens is 144 g/mol. The zero-order chi connectivity index (χ0) is 7.68. The van der Waals surface area contributed by atoms with Crippen LogP contribution in [0.25, 0.3) is 0 Å². The van der Waals surface area contributed by atoms with E-state index < -0.39 is 0 Å². The first kappa shape index (κ1) is 7.06. The summed E-state index contributed by atoms with van der Waals surface area (Å²) in [7, 11) is 0. The van der Waals surface area contributed by atoms with E-state index in [0.717, 1.165) is 13.1 Å². The fourth-order valence-corrected chi connectivity index (χ4v) is 1.48. The molecule has 2 bridgehead atoms. The lowest BCUT2D eigenvalue weighted by atomic mass is 10.1. The van der Waals surface area contributed by atoms with Gasteiger partial charge in [0.25, 0.3) is 0 Å². The zero-order valence-corrected chi connectivity index (χ0v) is 6.30. The molecule has 2 aliphatic rings. The van der Waals surface area contributed by atoms with Gasteiger partial charge in [-0.2, -0.15) is 0 Å². The Morgan fingerprint density at radius 1 is 1.36 bits per heavy atom. The van der Waals surface area contributed by atoms with Gasteiger partial charge in [-0.05, 0) is 0 Å². The number of hydrogen-bond acceptors (Lipinski definition) is 3. The van der Waals surface area contributed by atoms with E-state index in [0.29, 0.717) is 13.2 Å². The summed E-state index contributed by atoms with van der Waals surface area (Å²) in [5.41, 5.74) is 0. The fourth-order valence-electron chi connectivity index (χ4n) is 1.48. The summed E-state index contributed by atoms with van der Waals surface area (Å²) in [5, 5.41) is 6.13. The third-order valence-corrected chi connectivity index (χ3v) is 2.14. The standard InChI is InChI=1S/C7H12N2O2/c10-7-5-1-8-2-6(9-7)4-11-3-5/h5-6,8H,1-4H2,(H,9,10). The number of amides is 1. The highest BCUT2D eigenvalue weighted by Gasteiger charge is 2.28. The maximum Gasteiger partial charge on any atom is 0.227 e. The summed E-state index contributed by atoms with van der Waals surface area (Å²) >= 11 is 0. The van der Waals surface area contributed by atoms with Gasteiger partial charge in [0.1, 0.15) is 0 Å². The molecule has 0 aromatic heterocycles. The molecule has 4 heteroatoms. The first-order valence-electron chi connectivity index (χ1n) is 3.95. The average Bonchev–Trinajstić information content (AvgIpc) is 2.16. The molecule has 2 fully saturated rings. The van der Waals surface area contributed by atoms with Crippen molar-refractivity contribution in [2.24, 2.45) is 5.92 Å². The normalized spacial score (nSPS) is 37.6. The Morgan fingerprint density at radius 3 is 3.18 bits per heavy atom. The molecule has 0 aromatic carbocycles. The van der Waals surface area contributed by atoms with E-state index in [1.54, 1.807) is 0 Å². The van der Waals surface area contributed by atoms with E-state index in [9.17, 15) is 4.79 Å². The van der Waals surface area contributed by atoms with Gasteiger partial charge in [-0.1, -0.05) is 0 Å². The van der Waals surface area contributed by atoms with Crippen LogP contribution in [-0.4, -0.2) is 38.3 Å². The van der Waals surface area contributed by atoms with E-state index in [-0.39, 0.29) is 17.9 Å². The number of fused-ring (bicyclic) bond motifs is 3. The maximum atomic E-state index is 11.3. The van der Waals surface area contributed by atoms with Crippen molar-refractivity contribution < 1.29 is 9.53 Å². The second kappa shape index (κ2) is 2.79. The predicted octanol–water partition coefficient (Wildman–Crippen LogP) is -1.28. The molecule has 2 rings (SSSR count). The van der Waals surface area contributed by atoms with Crippen LogP contribution in [0.1, 0.15) is 0 Å². The molecular formula is C7H12N2O2. The van der Waals surface area contributed by atoms with Crippen molar-refractivity contribution >= 4 is 5.91 Å². The second-order valence-corrected chi connectivity index (χ2v) is 3.10. The maximum absolute atomic E-state index is 11.3. The molecule has 0 radical (unpaired) electrons. The predicted molar refractivity (Wildman–Crippen MR) is 39.1 cm³/mol. The first-order chi connectivity index (χ1) is 5.36. The van der Waals surface area contributed by atoms with Crippen molar-refractivity contribution in [2.75, 3.05) is 26.3 Å². The van der Waals surface area contributed by atoms with Crippen molar-refractivity contribution in [1.29, 1.82) is 0 Å². The minimum atomic E-state index is 0.0162. The van der Waals surface area contributed by atoms with Gasteiger partial charge in [-0.15, -0.1) is 0 Å². The lowest BCUT2D eigenvalue weighted by Crippen LogP contribution is -2.40. The Kier molecular flexibility index (Phi) is 1.79. The van der Waals surface area contributed by atoms with Gasteiger partial charge >= 0.3 is 0 Å². The minimum absolute atomic E-state index is 0.0162. The van der Waals surface area contributed by atoms with Crippen LogP contribution in [0.3, 0.4) is 0 Å². The Bertz CT molecular complexity index is 162. The van der Waals surface area contributed by atoms with Crippen molar-refractivity contribution in [3.05, 3.63) is 0 Å². The van der Waals surface area contributed by atoms with Crippen LogP contribution in [-0.2, 0) is 9.53 Å². The van der Waals surface area contributed by atoms with Gasteiger partial charge in [0.05, 0.1) is 25.2 Å². The highest BCUT2D eigenvalue weighted by molar-refractivity contribution is 5.79. The topological polar surface area (TPSA) is 50.4 Å². The van der Waals surface area contributed by atoms with Crippen molar-refractivity contribution in [1.82, 2.24) is 10.6 Å². The number of carbonyl (C=O) groups excluding carboxylic acids is 1. The Balaban J connectivity index is 2.14. The molecule has 0 aromatic rings. The Morgan fingerprint density at radius 2 is 2.27 bits per heavy atom. The highest BCUT2D eigenvalue weighted by Crippen LogP contribution is 2.06. The molecule has 2 atom stereocenters. The third-order valence-electron chi connectivity index (χ3n) is 2.14. The quantitative estimate of drug-likeness (QED) is 0.459. The number of carbonyl (C=O) groups is 1. The molecule has 62 valence electrons. The smallest absolute Gasteiger partial charge is 0.227 e. The fraction of sp³-hybridized carbons (Fsp3) is 0.857. The number of rotatable bonds is 0. The van der Waals surface area contributed by atoms with Gasteiger partial charge in [0.15, 0.2) is 0 Å². The van der Waals surface area contributed by atoms with Crippen LogP contribution in [0.15, 0.2) is 0 Å². The largest absolute Gasteiger partial charge is 0.378 e. The molecule has 4 nitrogen and oxygen atoms in total. The van der Waals surface area contributed by atoms with Crippen LogP contribution in [0.5, 0.6) is 0 Å². The first-order valence-corrected chi connectivity index (χ1v) is 3.95. The van der Waals surface area contributed by atoms with Crippen LogP contribution < -0.4 is 10.6 Å². The van der Waals surface area contributed by atoms with Crippen molar-refractivity contribution in [3.63, 3.8) is 0 Å². The monoisotopic (exact) mass is 156 g/mol. The van der Waals surface area contributed by atoms with E-state index >= 15 is 0 Å². The summed E-state index contributed by atoms with van der Waals surface area (Å²) in [5.74, 6) is 0.153. The summed E-state index contributed by atoms with van der Waals surface area (Å²) < 4.78 is 5.31. The van der Waals surface area contributed by atoms with E-state index in [1.807, 2.05) is 0 Å². The Hall–Kier alpha value is -0.610. The molecule has 2 saturated heterocycles. The molecule has 2 aliphatic heterocycles. The number of nitrogens with one attached hydrogen (secondary N) is 2. The van der Waals surface area contributed by atoms with Gasteiger partial charge in [0.2, 0.25) is 5.91 Å². The molecule has 0 saturated carbocycles. The van der Waals surface area contributed by atoms with Crippen LogP contribution in [0.2, 0.25) is 0 Å². The van der Waals surface area contributed by atoms with Crippen LogP contribution in [0.4, 0.5) is 0 Å². The summed E-state index contributed by atoms with van der Waals surface area (Å²) in [6.07, 6.45) is 0. The highest BCUT2D eigenvalue weighted by atomic mass is 16.5. The van der Waals surface area contributed by atoms with Gasteiger partial charge < -0.3 is 15.4 Å². The van der Waals surface area contributed by atoms with Gasteiger partial charge in [-0.25, -0.2) is 0 Å². The summed E-state index contributed by atoms with van der Waals surface area (Å²) in [6, 6.07) is 0.176. The zero-order valence-electron chi connectivity index (χ0n) is 6.30. The molecule has 0 aliphatic carbocycles. The molecule has 2 heterocycles. The molecule has 2 unspecified atom stereocenters. The lowest BCUT2D eigenvalue weighted by Gasteiger charge is -2.15. The molecule has 1 amide bonds. The molecule has 11 heavy (non-hydrogen) atoms. The van der Waals surface area contributed by atoms with E-state index in [1.165, 1.54) is 0 Å². The number of hydrogen-bond donors (Lipinski definition) is 2. The number of ether oxygens (including phenoxy) is 1. The lowest BCUT2D eigenvalue weighted by molar-refractivity contribution is -0.124. The molecule has 2 N–H and O–H groups in total. The SMILES string of the molecule is O=C1NC2CNCC1COC2. The van der Waals surface area contributed by atoms with E-state index in [4.69, 9.17) is 4.74 Å². The third kappa shape index (κ3) is 1.36. The van der Waals surface area contributed by atoms with Crippen LogP contribution in [0, 0.1) is 5.92 Å². The van der Waals surface area contributed by atoms with Crippen LogP contribution >= 0.6 is 0 Å².